The molecule has 1 atom stereocenters. The van der Waals surface area contributed by atoms with Crippen LogP contribution in [0.2, 0.25) is 0 Å². The highest BCUT2D eigenvalue weighted by molar-refractivity contribution is 5.84. The summed E-state index contributed by atoms with van der Waals surface area (Å²) in [6, 6.07) is 7.75. The average molecular weight is 276 g/mol. The van der Waals surface area contributed by atoms with Gasteiger partial charge in [-0.3, -0.25) is 9.59 Å². The lowest BCUT2D eigenvalue weighted by molar-refractivity contribution is -0.136. The summed E-state index contributed by atoms with van der Waals surface area (Å²) in [5.41, 5.74) is 6.53. The molecule has 0 saturated carbocycles. The topological polar surface area (TPSA) is 81.4 Å². The Morgan fingerprint density at radius 3 is 2.80 bits per heavy atom. The second-order valence-electron chi connectivity index (χ2n) is 5.72. The maximum absolute atomic E-state index is 12.4. The molecule has 0 unspecified atom stereocenters. The van der Waals surface area contributed by atoms with Crippen LogP contribution in [0, 0.1) is 0 Å². The lowest BCUT2D eigenvalue weighted by atomic mass is 9.95. The summed E-state index contributed by atoms with van der Waals surface area (Å²) in [5, 5.41) is 2.83. The Morgan fingerprint density at radius 1 is 1.40 bits per heavy atom. The van der Waals surface area contributed by atoms with Crippen molar-refractivity contribution in [2.24, 2.45) is 5.73 Å². The number of fused-ring (bicyclic) bond motifs is 1. The molecule has 0 saturated heterocycles. The fourth-order valence-corrected chi connectivity index (χ4v) is 2.49. The predicted molar refractivity (Wildman–Crippen MR) is 74.9 cm³/mol. The number of primary amides is 1. The van der Waals surface area contributed by atoms with Gasteiger partial charge in [-0.15, -0.1) is 0 Å². The zero-order valence-corrected chi connectivity index (χ0v) is 11.8. The Balaban J connectivity index is 2.13. The van der Waals surface area contributed by atoms with Crippen molar-refractivity contribution >= 4 is 11.8 Å². The van der Waals surface area contributed by atoms with Gasteiger partial charge in [0.2, 0.25) is 5.91 Å². The second-order valence-corrected chi connectivity index (χ2v) is 5.72. The van der Waals surface area contributed by atoms with Crippen LogP contribution in [0.1, 0.15) is 37.5 Å². The predicted octanol–water partition coefficient (Wildman–Crippen LogP) is 1.07. The number of nitrogens with two attached hydrogens (primary N) is 1. The molecule has 2 rings (SSSR count). The first-order chi connectivity index (χ1) is 9.39. The SMILES string of the molecule is CC(C)(CC(N)=O)NC(=O)[C@H]1OCCc2ccccc21. The molecule has 1 aromatic rings. The molecule has 1 aromatic carbocycles. The van der Waals surface area contributed by atoms with E-state index in [-0.39, 0.29) is 12.3 Å². The average Bonchev–Trinajstić information content (AvgIpc) is 2.35. The first-order valence-corrected chi connectivity index (χ1v) is 6.69. The first-order valence-electron chi connectivity index (χ1n) is 6.69. The Kier molecular flexibility index (Phi) is 4.09. The number of carbonyl (C=O) groups excluding carboxylic acids is 2. The van der Waals surface area contributed by atoms with Crippen molar-refractivity contribution < 1.29 is 14.3 Å². The van der Waals surface area contributed by atoms with Crippen LogP contribution >= 0.6 is 0 Å². The number of hydrogen-bond donors (Lipinski definition) is 2. The smallest absolute Gasteiger partial charge is 0.254 e. The summed E-state index contributed by atoms with van der Waals surface area (Å²) in [6.07, 6.45) is 0.282. The molecule has 0 spiro atoms. The molecule has 1 aliphatic rings. The summed E-state index contributed by atoms with van der Waals surface area (Å²) in [7, 11) is 0. The van der Waals surface area contributed by atoms with Crippen molar-refractivity contribution in [2.75, 3.05) is 6.61 Å². The summed E-state index contributed by atoms with van der Waals surface area (Å²) in [6.45, 7) is 4.06. The van der Waals surface area contributed by atoms with Crippen LogP contribution in [0.15, 0.2) is 24.3 Å². The summed E-state index contributed by atoms with van der Waals surface area (Å²) in [4.78, 5) is 23.4. The highest BCUT2D eigenvalue weighted by Crippen LogP contribution is 2.27. The molecule has 1 aliphatic heterocycles. The fourth-order valence-electron chi connectivity index (χ4n) is 2.49. The molecule has 108 valence electrons. The molecule has 0 bridgehead atoms. The monoisotopic (exact) mass is 276 g/mol. The van der Waals surface area contributed by atoms with Crippen molar-refractivity contribution in [3.63, 3.8) is 0 Å². The molecule has 0 fully saturated rings. The van der Waals surface area contributed by atoms with E-state index >= 15 is 0 Å². The van der Waals surface area contributed by atoms with Crippen molar-refractivity contribution in [1.82, 2.24) is 5.32 Å². The van der Waals surface area contributed by atoms with Gasteiger partial charge in [0.15, 0.2) is 6.10 Å². The molecular weight excluding hydrogens is 256 g/mol. The number of amides is 2. The van der Waals surface area contributed by atoms with Crippen molar-refractivity contribution in [2.45, 2.75) is 38.3 Å². The van der Waals surface area contributed by atoms with Crippen LogP contribution in [0.3, 0.4) is 0 Å². The molecule has 20 heavy (non-hydrogen) atoms. The normalized spacial score (nSPS) is 18.2. The van der Waals surface area contributed by atoms with Gasteiger partial charge in [-0.1, -0.05) is 24.3 Å². The van der Waals surface area contributed by atoms with E-state index in [4.69, 9.17) is 10.5 Å². The van der Waals surface area contributed by atoms with E-state index in [0.29, 0.717) is 6.61 Å². The van der Waals surface area contributed by atoms with Crippen LogP contribution in [-0.2, 0) is 20.7 Å². The molecule has 0 radical (unpaired) electrons. The van der Waals surface area contributed by atoms with Gasteiger partial charge in [0.25, 0.3) is 5.91 Å². The Hall–Kier alpha value is -1.88. The van der Waals surface area contributed by atoms with Crippen LogP contribution in [0.25, 0.3) is 0 Å². The van der Waals surface area contributed by atoms with E-state index in [1.807, 2.05) is 24.3 Å². The molecule has 5 nitrogen and oxygen atoms in total. The Morgan fingerprint density at radius 2 is 2.10 bits per heavy atom. The van der Waals surface area contributed by atoms with Gasteiger partial charge in [-0.05, 0) is 31.4 Å². The molecular formula is C15H20N2O3. The zero-order chi connectivity index (χ0) is 14.8. The van der Waals surface area contributed by atoms with Crippen molar-refractivity contribution in [3.8, 4) is 0 Å². The summed E-state index contributed by atoms with van der Waals surface area (Å²) in [5.74, 6) is -0.677. The third-order valence-electron chi connectivity index (χ3n) is 3.31. The maximum Gasteiger partial charge on any atom is 0.254 e. The van der Waals surface area contributed by atoms with E-state index < -0.39 is 17.6 Å². The quantitative estimate of drug-likeness (QED) is 0.863. The van der Waals surface area contributed by atoms with E-state index in [1.165, 1.54) is 0 Å². The highest BCUT2D eigenvalue weighted by atomic mass is 16.5. The van der Waals surface area contributed by atoms with Crippen molar-refractivity contribution in [3.05, 3.63) is 35.4 Å². The maximum atomic E-state index is 12.4. The number of carbonyl (C=O) groups is 2. The minimum Gasteiger partial charge on any atom is -0.370 e. The van der Waals surface area contributed by atoms with Crippen LogP contribution < -0.4 is 11.1 Å². The number of ether oxygens (including phenoxy) is 1. The minimum absolute atomic E-state index is 0.0904. The van der Waals surface area contributed by atoms with Gasteiger partial charge in [-0.2, -0.15) is 0 Å². The summed E-state index contributed by atoms with van der Waals surface area (Å²) >= 11 is 0. The van der Waals surface area contributed by atoms with Crippen LogP contribution in [0.4, 0.5) is 0 Å². The van der Waals surface area contributed by atoms with Gasteiger partial charge in [0.05, 0.1) is 6.61 Å². The van der Waals surface area contributed by atoms with E-state index in [1.54, 1.807) is 13.8 Å². The molecule has 0 aliphatic carbocycles. The summed E-state index contributed by atoms with van der Waals surface area (Å²) < 4.78 is 5.59. The van der Waals surface area contributed by atoms with Gasteiger partial charge in [0, 0.05) is 12.0 Å². The van der Waals surface area contributed by atoms with Crippen molar-refractivity contribution in [1.29, 1.82) is 0 Å². The number of nitrogens with one attached hydrogen (secondary N) is 1. The van der Waals surface area contributed by atoms with Gasteiger partial charge in [0.1, 0.15) is 0 Å². The Labute approximate surface area is 118 Å². The third kappa shape index (κ3) is 3.36. The fraction of sp³-hybridized carbons (Fsp3) is 0.467. The molecule has 0 aromatic heterocycles. The standard InChI is InChI=1S/C15H20N2O3/c1-15(2,9-12(16)18)17-14(19)13-11-6-4-3-5-10(11)7-8-20-13/h3-6,13H,7-9H2,1-2H3,(H2,16,18)(H,17,19)/t13-/m0/s1. The van der Waals surface area contributed by atoms with Gasteiger partial charge >= 0.3 is 0 Å². The van der Waals surface area contributed by atoms with E-state index in [2.05, 4.69) is 5.32 Å². The number of benzene rings is 1. The van der Waals surface area contributed by atoms with Gasteiger partial charge < -0.3 is 15.8 Å². The van der Waals surface area contributed by atoms with Crippen LogP contribution in [0.5, 0.6) is 0 Å². The van der Waals surface area contributed by atoms with Gasteiger partial charge in [-0.25, -0.2) is 0 Å². The molecule has 1 heterocycles. The largest absolute Gasteiger partial charge is 0.370 e. The molecule has 3 N–H and O–H groups in total. The molecule has 5 heteroatoms. The van der Waals surface area contributed by atoms with E-state index in [0.717, 1.165) is 17.5 Å². The van der Waals surface area contributed by atoms with E-state index in [9.17, 15) is 9.59 Å². The Bertz CT molecular complexity index is 526. The highest BCUT2D eigenvalue weighted by Gasteiger charge is 2.31. The first kappa shape index (κ1) is 14.5. The minimum atomic E-state index is -0.682. The van der Waals surface area contributed by atoms with Crippen LogP contribution in [-0.4, -0.2) is 24.0 Å². The second kappa shape index (κ2) is 5.63. The third-order valence-corrected chi connectivity index (χ3v) is 3.31. The number of rotatable bonds is 4. The zero-order valence-electron chi connectivity index (χ0n) is 11.8. The molecule has 2 amide bonds. The number of hydrogen-bond acceptors (Lipinski definition) is 3. The lowest BCUT2D eigenvalue weighted by Crippen LogP contribution is -2.48. The lowest BCUT2D eigenvalue weighted by Gasteiger charge is -2.30.